The molecule has 8 heteroatoms. The van der Waals surface area contributed by atoms with E-state index >= 15 is 0 Å². The molecular weight excluding hydrogens is 420 g/mol. The predicted octanol–water partition coefficient (Wildman–Crippen LogP) is 4.13. The molecule has 1 aliphatic heterocycles. The molecule has 3 aromatic carbocycles. The van der Waals surface area contributed by atoms with Crippen molar-refractivity contribution in [3.8, 4) is 0 Å². The van der Waals surface area contributed by atoms with Gasteiger partial charge in [-0.15, -0.1) is 11.3 Å². The lowest BCUT2D eigenvalue weighted by atomic mass is 10.1. The third-order valence-electron chi connectivity index (χ3n) is 5.09. The van der Waals surface area contributed by atoms with Crippen molar-refractivity contribution in [2.24, 2.45) is 0 Å². The molecule has 0 bridgehead atoms. The van der Waals surface area contributed by atoms with Crippen LogP contribution >= 0.6 is 11.3 Å². The average molecular weight is 439 g/mol. The van der Waals surface area contributed by atoms with Gasteiger partial charge in [0.25, 0.3) is 10.0 Å². The van der Waals surface area contributed by atoms with E-state index < -0.39 is 16.0 Å². The first kappa shape index (κ1) is 19.0. The van der Waals surface area contributed by atoms with Crippen molar-refractivity contribution in [1.82, 2.24) is 4.98 Å². The number of nitrogens with zero attached hydrogens (tertiary/aromatic N) is 2. The Hall–Kier alpha value is -2.97. The number of aryl methyl sites for hydroxylation is 1. The largest absolute Gasteiger partial charge is 0.464 e. The zero-order valence-corrected chi connectivity index (χ0v) is 17.6. The van der Waals surface area contributed by atoms with Crippen LogP contribution in [0.3, 0.4) is 0 Å². The Morgan fingerprint density at radius 2 is 1.83 bits per heavy atom. The highest BCUT2D eigenvalue weighted by Gasteiger charge is 2.36. The summed E-state index contributed by atoms with van der Waals surface area (Å²) in [7, 11) is -3.76. The summed E-state index contributed by atoms with van der Waals surface area (Å²) in [5, 5.41) is 2.49. The Kier molecular flexibility index (Phi) is 4.67. The van der Waals surface area contributed by atoms with Crippen molar-refractivity contribution in [3.63, 3.8) is 0 Å². The SMILES string of the molecule is O=C(CN1c2cccc3cccc(c23)S1(=O)=O)OCCCc1nc2ccccc2s1. The molecule has 0 amide bonds. The van der Waals surface area contributed by atoms with Gasteiger partial charge in [-0.25, -0.2) is 13.4 Å². The van der Waals surface area contributed by atoms with E-state index in [-0.39, 0.29) is 18.0 Å². The van der Waals surface area contributed by atoms with Crippen molar-refractivity contribution in [3.05, 3.63) is 65.7 Å². The van der Waals surface area contributed by atoms with E-state index in [2.05, 4.69) is 4.98 Å². The highest BCUT2D eigenvalue weighted by molar-refractivity contribution is 7.93. The molecule has 30 heavy (non-hydrogen) atoms. The molecule has 1 aromatic heterocycles. The molecule has 2 heterocycles. The fourth-order valence-corrected chi connectivity index (χ4v) is 6.39. The summed E-state index contributed by atoms with van der Waals surface area (Å²) in [6.45, 7) is -0.114. The van der Waals surface area contributed by atoms with Crippen LogP contribution in [0.1, 0.15) is 11.4 Å². The second-order valence-electron chi connectivity index (χ2n) is 7.04. The molecule has 6 nitrogen and oxygen atoms in total. The predicted molar refractivity (Wildman–Crippen MR) is 117 cm³/mol. The number of benzene rings is 3. The van der Waals surface area contributed by atoms with Crippen LogP contribution in [-0.2, 0) is 26.0 Å². The Labute approximate surface area is 177 Å². The van der Waals surface area contributed by atoms with Gasteiger partial charge < -0.3 is 4.74 Å². The quantitative estimate of drug-likeness (QED) is 0.334. The molecule has 0 aliphatic carbocycles. The van der Waals surface area contributed by atoms with Gasteiger partial charge >= 0.3 is 5.97 Å². The molecule has 0 saturated carbocycles. The van der Waals surface area contributed by atoms with Gasteiger partial charge in [0.1, 0.15) is 6.54 Å². The van der Waals surface area contributed by atoms with E-state index in [0.29, 0.717) is 23.9 Å². The van der Waals surface area contributed by atoms with Crippen molar-refractivity contribution in [2.75, 3.05) is 17.5 Å². The minimum atomic E-state index is -3.76. The molecule has 0 N–H and O–H groups in total. The van der Waals surface area contributed by atoms with E-state index in [0.717, 1.165) is 24.9 Å². The molecule has 0 saturated heterocycles. The van der Waals surface area contributed by atoms with Gasteiger partial charge in [-0.3, -0.25) is 9.10 Å². The van der Waals surface area contributed by atoms with Gasteiger partial charge in [-0.05, 0) is 36.1 Å². The lowest BCUT2D eigenvalue weighted by molar-refractivity contribution is -0.141. The monoisotopic (exact) mass is 438 g/mol. The summed E-state index contributed by atoms with van der Waals surface area (Å²) >= 11 is 1.63. The van der Waals surface area contributed by atoms with Crippen LogP contribution in [0.5, 0.6) is 0 Å². The number of hydrogen-bond donors (Lipinski definition) is 0. The molecule has 0 unspecified atom stereocenters. The second kappa shape index (κ2) is 7.37. The lowest BCUT2D eigenvalue weighted by Crippen LogP contribution is -2.33. The zero-order chi connectivity index (χ0) is 20.7. The second-order valence-corrected chi connectivity index (χ2v) is 9.99. The molecule has 0 atom stereocenters. The minimum Gasteiger partial charge on any atom is -0.464 e. The summed E-state index contributed by atoms with van der Waals surface area (Å²) < 4.78 is 33.4. The van der Waals surface area contributed by atoms with Gasteiger partial charge in [-0.1, -0.05) is 36.4 Å². The van der Waals surface area contributed by atoms with Crippen molar-refractivity contribution >= 4 is 54.0 Å². The maximum absolute atomic E-state index is 12.9. The van der Waals surface area contributed by atoms with Crippen LogP contribution in [0.25, 0.3) is 21.0 Å². The van der Waals surface area contributed by atoms with Crippen molar-refractivity contribution in [2.45, 2.75) is 17.7 Å². The van der Waals surface area contributed by atoms with E-state index in [1.165, 1.54) is 0 Å². The first-order valence-electron chi connectivity index (χ1n) is 9.58. The molecule has 4 aromatic rings. The summed E-state index contributed by atoms with van der Waals surface area (Å²) in [6, 6.07) is 18.5. The highest BCUT2D eigenvalue weighted by atomic mass is 32.2. The van der Waals surface area contributed by atoms with Crippen LogP contribution in [0.15, 0.2) is 65.6 Å². The number of fused-ring (bicyclic) bond motifs is 1. The van der Waals surface area contributed by atoms with Gasteiger partial charge in [0, 0.05) is 11.8 Å². The number of sulfonamides is 1. The highest BCUT2D eigenvalue weighted by Crippen LogP contribution is 2.41. The number of carbonyl (C=O) groups is 1. The third-order valence-corrected chi connectivity index (χ3v) is 7.99. The molecule has 5 rings (SSSR count). The lowest BCUT2D eigenvalue weighted by Gasteiger charge is -2.17. The van der Waals surface area contributed by atoms with Crippen molar-refractivity contribution in [1.29, 1.82) is 0 Å². The maximum Gasteiger partial charge on any atom is 0.326 e. The molecule has 0 fully saturated rings. The van der Waals surface area contributed by atoms with Gasteiger partial charge in [-0.2, -0.15) is 0 Å². The summed E-state index contributed by atoms with van der Waals surface area (Å²) in [5.74, 6) is -0.562. The number of para-hydroxylation sites is 1. The maximum atomic E-state index is 12.9. The van der Waals surface area contributed by atoms with Gasteiger partial charge in [0.15, 0.2) is 0 Å². The molecule has 0 radical (unpaired) electrons. The van der Waals surface area contributed by atoms with Gasteiger partial charge in [0.05, 0.1) is 32.4 Å². The number of rotatable bonds is 6. The smallest absolute Gasteiger partial charge is 0.326 e. The summed E-state index contributed by atoms with van der Waals surface area (Å²) in [4.78, 5) is 17.2. The first-order chi connectivity index (χ1) is 14.5. The Morgan fingerprint density at radius 1 is 1.03 bits per heavy atom. The number of hydrogen-bond acceptors (Lipinski definition) is 6. The topological polar surface area (TPSA) is 76.6 Å². The molecular formula is C22H18N2O4S2. The van der Waals surface area contributed by atoms with Crippen LogP contribution in [0.2, 0.25) is 0 Å². The molecule has 0 spiro atoms. The van der Waals surface area contributed by atoms with E-state index in [9.17, 15) is 13.2 Å². The summed E-state index contributed by atoms with van der Waals surface area (Å²) in [5.41, 5.74) is 1.50. The Bertz CT molecular complexity index is 1340. The normalized spacial score (nSPS) is 14.5. The van der Waals surface area contributed by atoms with E-state index in [1.807, 2.05) is 36.4 Å². The number of thiazole rings is 1. The standard InChI is InChI=1S/C22H18N2O4S2/c25-21(28-13-5-12-20-23-16-8-1-2-10-18(16)29-20)14-24-17-9-3-6-15-7-4-11-19(22(15)17)30(24,26)27/h1-4,6-11H,5,12-14H2. The number of ether oxygens (including phenoxy) is 1. The van der Waals surface area contributed by atoms with Crippen LogP contribution in [0.4, 0.5) is 5.69 Å². The van der Waals surface area contributed by atoms with Crippen LogP contribution in [-0.4, -0.2) is 32.5 Å². The van der Waals surface area contributed by atoms with Gasteiger partial charge in [0.2, 0.25) is 0 Å². The average Bonchev–Trinajstić information content (AvgIpc) is 3.25. The Morgan fingerprint density at radius 3 is 2.67 bits per heavy atom. The number of esters is 1. The Balaban J connectivity index is 1.22. The minimum absolute atomic E-state index is 0.222. The number of aromatic nitrogens is 1. The summed E-state index contributed by atoms with van der Waals surface area (Å²) in [6.07, 6.45) is 1.34. The first-order valence-corrected chi connectivity index (χ1v) is 11.8. The zero-order valence-electron chi connectivity index (χ0n) is 15.9. The van der Waals surface area contributed by atoms with Crippen molar-refractivity contribution < 1.29 is 17.9 Å². The van der Waals surface area contributed by atoms with E-state index in [1.54, 1.807) is 35.6 Å². The van der Waals surface area contributed by atoms with Crippen LogP contribution in [0, 0.1) is 0 Å². The fourth-order valence-electron chi connectivity index (χ4n) is 3.73. The fraction of sp³-hybridized carbons (Fsp3) is 0.182. The third kappa shape index (κ3) is 3.22. The molecule has 152 valence electrons. The number of carbonyl (C=O) groups excluding carboxylic acids is 1. The van der Waals surface area contributed by atoms with Crippen LogP contribution < -0.4 is 4.31 Å². The molecule has 1 aliphatic rings. The number of anilines is 1. The van der Waals surface area contributed by atoms with E-state index in [4.69, 9.17) is 4.74 Å².